The van der Waals surface area contributed by atoms with Crippen molar-refractivity contribution in [2.24, 2.45) is 7.05 Å². The lowest BCUT2D eigenvalue weighted by molar-refractivity contribution is 0.0518. The van der Waals surface area contributed by atoms with Crippen molar-refractivity contribution in [1.82, 2.24) is 15.0 Å². The van der Waals surface area contributed by atoms with E-state index >= 15 is 0 Å². The van der Waals surface area contributed by atoms with Gasteiger partial charge in [-0.05, 0) is 13.8 Å². The van der Waals surface area contributed by atoms with Gasteiger partial charge in [0, 0.05) is 7.05 Å². The maximum absolute atomic E-state index is 11.1. The Morgan fingerprint density at radius 3 is 2.75 bits per heavy atom. The summed E-state index contributed by atoms with van der Waals surface area (Å²) in [4.78, 5) is 11.1. The van der Waals surface area contributed by atoms with Crippen LogP contribution < -0.4 is 0 Å². The molecule has 1 heterocycles. The molecule has 0 saturated heterocycles. The molecule has 1 rings (SSSR count). The fraction of sp³-hybridized carbons (Fsp3) is 0.571. The summed E-state index contributed by atoms with van der Waals surface area (Å²) in [5.74, 6) is -0.414. The minimum atomic E-state index is -0.414. The Bertz CT molecular complexity index is 293. The lowest BCUT2D eigenvalue weighted by Crippen LogP contribution is -2.07. The number of rotatable bonds is 2. The van der Waals surface area contributed by atoms with Gasteiger partial charge in [0.05, 0.1) is 12.3 Å². The third-order valence-electron chi connectivity index (χ3n) is 1.58. The van der Waals surface area contributed by atoms with Gasteiger partial charge in [0.15, 0.2) is 5.69 Å². The second-order valence-corrected chi connectivity index (χ2v) is 2.37. The second kappa shape index (κ2) is 3.34. The first kappa shape index (κ1) is 8.70. The van der Waals surface area contributed by atoms with E-state index < -0.39 is 5.97 Å². The number of carbonyl (C=O) groups is 1. The monoisotopic (exact) mass is 169 g/mol. The molecule has 0 fully saturated rings. The summed E-state index contributed by atoms with van der Waals surface area (Å²) < 4.78 is 6.30. The first-order chi connectivity index (χ1) is 5.66. The zero-order valence-electron chi connectivity index (χ0n) is 7.37. The van der Waals surface area contributed by atoms with Crippen LogP contribution in [0.15, 0.2) is 0 Å². The molecule has 5 heteroatoms. The number of hydrogen-bond acceptors (Lipinski definition) is 4. The molecule has 0 spiro atoms. The minimum absolute atomic E-state index is 0.291. The summed E-state index contributed by atoms with van der Waals surface area (Å²) in [5.41, 5.74) is 1.01. The van der Waals surface area contributed by atoms with Crippen molar-refractivity contribution in [2.45, 2.75) is 13.8 Å². The van der Waals surface area contributed by atoms with E-state index in [1.807, 2.05) is 0 Å². The molecule has 0 unspecified atom stereocenters. The number of carbonyl (C=O) groups excluding carboxylic acids is 1. The molecule has 0 aliphatic heterocycles. The molecule has 0 radical (unpaired) electrons. The van der Waals surface area contributed by atoms with Crippen molar-refractivity contribution in [1.29, 1.82) is 0 Å². The Balaban J connectivity index is 2.88. The molecule has 0 saturated carbocycles. The Morgan fingerprint density at radius 1 is 1.67 bits per heavy atom. The number of hydrogen-bond donors (Lipinski definition) is 0. The van der Waals surface area contributed by atoms with E-state index in [4.69, 9.17) is 4.74 Å². The van der Waals surface area contributed by atoms with Gasteiger partial charge in [-0.3, -0.25) is 4.68 Å². The summed E-state index contributed by atoms with van der Waals surface area (Å²) in [6.07, 6.45) is 0. The molecule has 0 bridgehead atoms. The van der Waals surface area contributed by atoms with Crippen molar-refractivity contribution in [3.8, 4) is 0 Å². The van der Waals surface area contributed by atoms with Crippen molar-refractivity contribution < 1.29 is 9.53 Å². The predicted octanol–water partition coefficient (Wildman–Crippen LogP) is 0.300. The predicted molar refractivity (Wildman–Crippen MR) is 41.7 cm³/mol. The van der Waals surface area contributed by atoms with Crippen LogP contribution >= 0.6 is 0 Å². The Labute approximate surface area is 70.3 Å². The van der Waals surface area contributed by atoms with Crippen LogP contribution in [-0.2, 0) is 11.8 Å². The van der Waals surface area contributed by atoms with Gasteiger partial charge < -0.3 is 4.74 Å². The van der Waals surface area contributed by atoms with Crippen molar-refractivity contribution in [3.63, 3.8) is 0 Å². The molecule has 1 aromatic rings. The highest BCUT2D eigenvalue weighted by molar-refractivity contribution is 5.88. The molecule has 12 heavy (non-hydrogen) atoms. The Morgan fingerprint density at radius 2 is 2.33 bits per heavy atom. The van der Waals surface area contributed by atoms with Gasteiger partial charge in [-0.25, -0.2) is 4.79 Å². The van der Waals surface area contributed by atoms with Crippen LogP contribution in [0.25, 0.3) is 0 Å². The normalized spacial score (nSPS) is 9.92. The second-order valence-electron chi connectivity index (χ2n) is 2.37. The van der Waals surface area contributed by atoms with Gasteiger partial charge in [-0.1, -0.05) is 5.21 Å². The van der Waals surface area contributed by atoms with Crippen LogP contribution in [0.4, 0.5) is 0 Å². The summed E-state index contributed by atoms with van der Waals surface area (Å²) in [6, 6.07) is 0. The zero-order valence-corrected chi connectivity index (χ0v) is 7.37. The molecule has 0 aliphatic rings. The van der Waals surface area contributed by atoms with E-state index in [0.29, 0.717) is 18.0 Å². The summed E-state index contributed by atoms with van der Waals surface area (Å²) >= 11 is 0. The maximum Gasteiger partial charge on any atom is 0.360 e. The van der Waals surface area contributed by atoms with Gasteiger partial charge in [-0.15, -0.1) is 5.10 Å². The van der Waals surface area contributed by atoms with Gasteiger partial charge in [0.2, 0.25) is 0 Å². The van der Waals surface area contributed by atoms with Gasteiger partial charge >= 0.3 is 5.97 Å². The first-order valence-electron chi connectivity index (χ1n) is 3.70. The number of ether oxygens (including phenoxy) is 1. The number of esters is 1. The van der Waals surface area contributed by atoms with Crippen molar-refractivity contribution >= 4 is 5.97 Å². The van der Waals surface area contributed by atoms with Crippen molar-refractivity contribution in [2.75, 3.05) is 6.61 Å². The van der Waals surface area contributed by atoms with Crippen LogP contribution in [0.3, 0.4) is 0 Å². The SMILES string of the molecule is CCOC(=O)c1nnn(C)c1C. The highest BCUT2D eigenvalue weighted by Crippen LogP contribution is 2.02. The lowest BCUT2D eigenvalue weighted by atomic mass is 10.3. The molecule has 0 aliphatic carbocycles. The van der Waals surface area contributed by atoms with E-state index in [0.717, 1.165) is 0 Å². The van der Waals surface area contributed by atoms with Crippen molar-refractivity contribution in [3.05, 3.63) is 11.4 Å². The van der Waals surface area contributed by atoms with Crippen LogP contribution in [0.5, 0.6) is 0 Å². The minimum Gasteiger partial charge on any atom is -0.461 e. The average Bonchev–Trinajstić information content (AvgIpc) is 2.34. The van der Waals surface area contributed by atoms with Crippen LogP contribution in [0, 0.1) is 6.92 Å². The quantitative estimate of drug-likeness (QED) is 0.597. The Hall–Kier alpha value is -1.39. The van der Waals surface area contributed by atoms with Gasteiger partial charge in [0.25, 0.3) is 0 Å². The average molecular weight is 169 g/mol. The molecule has 0 N–H and O–H groups in total. The molecule has 0 aromatic carbocycles. The summed E-state index contributed by atoms with van der Waals surface area (Å²) in [7, 11) is 1.73. The topological polar surface area (TPSA) is 57.0 Å². The maximum atomic E-state index is 11.1. The third-order valence-corrected chi connectivity index (χ3v) is 1.58. The molecule has 66 valence electrons. The van der Waals surface area contributed by atoms with Crippen LogP contribution in [0.2, 0.25) is 0 Å². The van der Waals surface area contributed by atoms with Gasteiger partial charge in [-0.2, -0.15) is 0 Å². The van der Waals surface area contributed by atoms with E-state index in [9.17, 15) is 4.79 Å². The zero-order chi connectivity index (χ0) is 9.14. The lowest BCUT2D eigenvalue weighted by Gasteiger charge is -1.97. The summed E-state index contributed by atoms with van der Waals surface area (Å²) in [6.45, 7) is 3.88. The number of aromatic nitrogens is 3. The summed E-state index contributed by atoms with van der Waals surface area (Å²) in [5, 5.41) is 7.36. The molecular formula is C7H11N3O2. The van der Waals surface area contributed by atoms with Crippen LogP contribution in [-0.4, -0.2) is 27.6 Å². The number of aryl methyl sites for hydroxylation is 1. The third kappa shape index (κ3) is 1.44. The van der Waals surface area contributed by atoms with E-state index in [2.05, 4.69) is 10.3 Å². The molecule has 0 amide bonds. The van der Waals surface area contributed by atoms with E-state index in [-0.39, 0.29) is 0 Å². The highest BCUT2D eigenvalue weighted by atomic mass is 16.5. The fourth-order valence-electron chi connectivity index (χ4n) is 0.792. The fourth-order valence-corrected chi connectivity index (χ4v) is 0.792. The molecule has 1 aromatic heterocycles. The largest absolute Gasteiger partial charge is 0.461 e. The molecule has 5 nitrogen and oxygen atoms in total. The van der Waals surface area contributed by atoms with Crippen LogP contribution in [0.1, 0.15) is 23.1 Å². The Kier molecular flexibility index (Phi) is 2.42. The molecule has 0 atom stereocenters. The smallest absolute Gasteiger partial charge is 0.360 e. The standard InChI is InChI=1S/C7H11N3O2/c1-4-12-7(11)6-5(2)10(3)9-8-6/h4H2,1-3H3. The highest BCUT2D eigenvalue weighted by Gasteiger charge is 2.15. The number of nitrogens with zero attached hydrogens (tertiary/aromatic N) is 3. The molecular weight excluding hydrogens is 158 g/mol. The van der Waals surface area contributed by atoms with E-state index in [1.165, 1.54) is 4.68 Å². The van der Waals surface area contributed by atoms with Gasteiger partial charge in [0.1, 0.15) is 0 Å². The van der Waals surface area contributed by atoms with E-state index in [1.54, 1.807) is 20.9 Å². The first-order valence-corrected chi connectivity index (χ1v) is 3.70.